The van der Waals surface area contributed by atoms with Crippen molar-refractivity contribution in [1.29, 1.82) is 0 Å². The van der Waals surface area contributed by atoms with E-state index in [0.717, 1.165) is 5.76 Å². The highest BCUT2D eigenvalue weighted by atomic mass is 32.2. The van der Waals surface area contributed by atoms with E-state index < -0.39 is 12.1 Å². The quantitative estimate of drug-likeness (QED) is 0.686. The van der Waals surface area contributed by atoms with Gasteiger partial charge in [0.2, 0.25) is 5.16 Å². The lowest BCUT2D eigenvalue weighted by atomic mass is 10.1. The molecule has 0 spiro atoms. The number of carboxylic acids is 1. The second-order valence-electron chi connectivity index (χ2n) is 5.68. The minimum absolute atomic E-state index is 0.183. The molecular weight excluding hydrogens is 352 g/mol. The third kappa shape index (κ3) is 3.40. The number of nitrogens with zero attached hydrogens (tertiary/aromatic N) is 4. The van der Waals surface area contributed by atoms with Crippen LogP contribution in [0.5, 0.6) is 0 Å². The van der Waals surface area contributed by atoms with Crippen molar-refractivity contribution in [2.75, 3.05) is 19.8 Å². The van der Waals surface area contributed by atoms with Crippen molar-refractivity contribution in [3.05, 3.63) is 24.2 Å². The van der Waals surface area contributed by atoms with Gasteiger partial charge in [-0.15, -0.1) is 5.10 Å². The molecule has 4 atom stereocenters. The number of ether oxygens (including phenoxy) is 3. The molecule has 4 rings (SSSR count). The van der Waals surface area contributed by atoms with Gasteiger partial charge in [-0.25, -0.2) is 9.48 Å². The van der Waals surface area contributed by atoms with Crippen molar-refractivity contribution < 1.29 is 28.5 Å². The van der Waals surface area contributed by atoms with E-state index in [1.54, 1.807) is 10.9 Å². The molecule has 134 valence electrons. The van der Waals surface area contributed by atoms with Crippen LogP contribution in [0.15, 0.2) is 28.0 Å². The van der Waals surface area contributed by atoms with E-state index in [1.807, 2.05) is 12.1 Å². The van der Waals surface area contributed by atoms with Crippen molar-refractivity contribution in [2.45, 2.75) is 35.3 Å². The molecule has 0 radical (unpaired) electrons. The zero-order valence-corrected chi connectivity index (χ0v) is 13.9. The minimum Gasteiger partial charge on any atom is -0.480 e. The van der Waals surface area contributed by atoms with E-state index in [-0.39, 0.29) is 31.5 Å². The average Bonchev–Trinajstić information content (AvgIpc) is 3.34. The first kappa shape index (κ1) is 16.5. The van der Waals surface area contributed by atoms with Crippen LogP contribution in [0.4, 0.5) is 0 Å². The molecule has 2 fully saturated rings. The number of carboxylic acid groups (broad SMARTS) is 1. The largest absolute Gasteiger partial charge is 0.480 e. The van der Waals surface area contributed by atoms with Crippen molar-refractivity contribution >= 4 is 17.7 Å². The molecule has 0 amide bonds. The SMILES string of the molecule is O=C(O)CO[C@@H]1CO[C@H]2[C@H]1OC[C@H]2n1nnnc1SCc1ccco1. The molecule has 2 saturated heterocycles. The summed E-state index contributed by atoms with van der Waals surface area (Å²) in [7, 11) is 0. The predicted molar refractivity (Wildman–Crippen MR) is 82.0 cm³/mol. The van der Waals surface area contributed by atoms with Gasteiger partial charge in [0.1, 0.15) is 36.7 Å². The molecule has 10 nitrogen and oxygen atoms in total. The fourth-order valence-electron chi connectivity index (χ4n) is 2.99. The number of furan rings is 1. The number of aliphatic carboxylic acids is 1. The predicted octanol–water partition coefficient (Wildman–Crippen LogP) is 0.367. The third-order valence-electron chi connectivity index (χ3n) is 4.10. The Bertz CT molecular complexity index is 723. The van der Waals surface area contributed by atoms with E-state index in [9.17, 15) is 4.79 Å². The van der Waals surface area contributed by atoms with Gasteiger partial charge < -0.3 is 23.7 Å². The Morgan fingerprint density at radius 3 is 3.08 bits per heavy atom. The van der Waals surface area contributed by atoms with E-state index in [0.29, 0.717) is 17.5 Å². The zero-order valence-electron chi connectivity index (χ0n) is 13.1. The number of aromatic nitrogens is 4. The average molecular weight is 368 g/mol. The first-order valence-electron chi connectivity index (χ1n) is 7.72. The maximum Gasteiger partial charge on any atom is 0.329 e. The second kappa shape index (κ2) is 7.12. The Kier molecular flexibility index (Phi) is 4.70. The Morgan fingerprint density at radius 2 is 2.28 bits per heavy atom. The summed E-state index contributed by atoms with van der Waals surface area (Å²) >= 11 is 1.46. The summed E-state index contributed by atoms with van der Waals surface area (Å²) in [5, 5.41) is 21.3. The molecule has 0 saturated carbocycles. The Labute approximate surface area is 146 Å². The molecule has 0 unspecified atom stereocenters. The smallest absolute Gasteiger partial charge is 0.329 e. The van der Waals surface area contributed by atoms with Gasteiger partial charge >= 0.3 is 5.97 Å². The number of thioether (sulfide) groups is 1. The number of hydrogen-bond donors (Lipinski definition) is 1. The molecule has 11 heteroatoms. The summed E-state index contributed by atoms with van der Waals surface area (Å²) in [6, 6.07) is 3.54. The lowest BCUT2D eigenvalue weighted by Gasteiger charge is -2.17. The van der Waals surface area contributed by atoms with Gasteiger partial charge in [0.15, 0.2) is 0 Å². The minimum atomic E-state index is -1.02. The fourth-order valence-corrected chi connectivity index (χ4v) is 3.83. The van der Waals surface area contributed by atoms with Crippen LogP contribution < -0.4 is 0 Å². The van der Waals surface area contributed by atoms with Crippen LogP contribution in [0.25, 0.3) is 0 Å². The summed E-state index contributed by atoms with van der Waals surface area (Å²) in [5.41, 5.74) is 0. The van der Waals surface area contributed by atoms with Crippen LogP contribution in [0, 0.1) is 0 Å². The molecule has 0 aromatic carbocycles. The van der Waals surface area contributed by atoms with Gasteiger partial charge in [-0.3, -0.25) is 0 Å². The number of rotatable bonds is 7. The Morgan fingerprint density at radius 1 is 1.40 bits per heavy atom. The van der Waals surface area contributed by atoms with Crippen LogP contribution in [0.1, 0.15) is 11.8 Å². The number of hydrogen-bond acceptors (Lipinski definition) is 9. The number of fused-ring (bicyclic) bond motifs is 1. The van der Waals surface area contributed by atoms with Gasteiger partial charge in [-0.05, 0) is 22.6 Å². The topological polar surface area (TPSA) is 122 Å². The maximum atomic E-state index is 10.7. The molecule has 2 aliphatic rings. The van der Waals surface area contributed by atoms with Crippen molar-refractivity contribution in [3.8, 4) is 0 Å². The summed E-state index contributed by atoms with van der Waals surface area (Å²) in [5.74, 6) is 0.426. The van der Waals surface area contributed by atoms with Crippen LogP contribution in [-0.2, 0) is 24.8 Å². The molecule has 4 heterocycles. The normalized spacial score (nSPS) is 28.3. The molecule has 2 aromatic heterocycles. The zero-order chi connectivity index (χ0) is 17.2. The summed E-state index contributed by atoms with van der Waals surface area (Å²) in [4.78, 5) is 10.7. The van der Waals surface area contributed by atoms with E-state index in [2.05, 4.69) is 15.5 Å². The van der Waals surface area contributed by atoms with Crippen molar-refractivity contribution in [2.24, 2.45) is 0 Å². The van der Waals surface area contributed by atoms with Crippen LogP contribution >= 0.6 is 11.8 Å². The van der Waals surface area contributed by atoms with E-state index >= 15 is 0 Å². The van der Waals surface area contributed by atoms with Gasteiger partial charge in [-0.2, -0.15) is 0 Å². The standard InChI is InChI=1S/C14H16N4O6S/c19-11(20)6-22-10-5-24-12-9(4-23-13(10)12)18-14(15-16-17-18)25-7-8-2-1-3-21-8/h1-3,9-10,12-13H,4-7H2,(H,19,20)/t9-,10-,12-,13+/m1/s1. The monoisotopic (exact) mass is 368 g/mol. The van der Waals surface area contributed by atoms with Gasteiger partial charge in [-0.1, -0.05) is 11.8 Å². The van der Waals surface area contributed by atoms with Gasteiger partial charge in [0.25, 0.3) is 0 Å². The molecule has 0 bridgehead atoms. The molecule has 2 aromatic rings. The molecule has 2 aliphatic heterocycles. The van der Waals surface area contributed by atoms with E-state index in [1.165, 1.54) is 11.8 Å². The Balaban J connectivity index is 1.42. The highest BCUT2D eigenvalue weighted by Gasteiger charge is 2.50. The molecule has 1 N–H and O–H groups in total. The van der Waals surface area contributed by atoms with Crippen molar-refractivity contribution in [1.82, 2.24) is 20.2 Å². The summed E-state index contributed by atoms with van der Waals surface area (Å²) in [6.07, 6.45) is 0.626. The number of tetrazole rings is 1. The molecule has 0 aliphatic carbocycles. The first-order valence-corrected chi connectivity index (χ1v) is 8.70. The fraction of sp³-hybridized carbons (Fsp3) is 0.571. The third-order valence-corrected chi connectivity index (χ3v) is 5.06. The van der Waals surface area contributed by atoms with Gasteiger partial charge in [0.05, 0.1) is 25.2 Å². The highest BCUT2D eigenvalue weighted by molar-refractivity contribution is 7.98. The summed E-state index contributed by atoms with van der Waals surface area (Å²) in [6.45, 7) is 0.290. The lowest BCUT2D eigenvalue weighted by molar-refractivity contribution is -0.146. The molecule has 25 heavy (non-hydrogen) atoms. The Hall–Kier alpha value is -1.95. The lowest BCUT2D eigenvalue weighted by Crippen LogP contribution is -2.33. The van der Waals surface area contributed by atoms with Crippen molar-refractivity contribution in [3.63, 3.8) is 0 Å². The highest BCUT2D eigenvalue weighted by Crippen LogP contribution is 2.36. The maximum absolute atomic E-state index is 10.7. The molecular formula is C14H16N4O6S. The van der Waals surface area contributed by atoms with Crippen LogP contribution in [0.2, 0.25) is 0 Å². The second-order valence-corrected chi connectivity index (χ2v) is 6.62. The summed E-state index contributed by atoms with van der Waals surface area (Å²) < 4.78 is 23.9. The first-order chi connectivity index (χ1) is 12.2. The van der Waals surface area contributed by atoms with Crippen LogP contribution in [0.3, 0.4) is 0 Å². The van der Waals surface area contributed by atoms with Gasteiger partial charge in [0, 0.05) is 0 Å². The number of carbonyl (C=O) groups is 1. The van der Waals surface area contributed by atoms with Crippen LogP contribution in [-0.4, -0.2) is 69.4 Å². The van der Waals surface area contributed by atoms with E-state index in [4.69, 9.17) is 23.7 Å².